The van der Waals surface area contributed by atoms with Crippen LogP contribution in [-0.4, -0.2) is 57.9 Å². The van der Waals surface area contributed by atoms with Gasteiger partial charge in [-0.05, 0) is 31.2 Å². The van der Waals surface area contributed by atoms with Gasteiger partial charge in [0.05, 0.1) is 0 Å². The highest BCUT2D eigenvalue weighted by atomic mass is 16.4. The first kappa shape index (κ1) is 23.9. The number of nitrogens with one attached hydrogen (secondary N) is 3. The molecule has 0 radical (unpaired) electrons. The van der Waals surface area contributed by atoms with E-state index in [-0.39, 0.29) is 19.4 Å². The van der Waals surface area contributed by atoms with Gasteiger partial charge in [0.2, 0.25) is 0 Å². The van der Waals surface area contributed by atoms with E-state index in [0.717, 1.165) is 5.56 Å². The quantitative estimate of drug-likeness (QED) is 0.248. The lowest BCUT2D eigenvalue weighted by atomic mass is 10.1. The van der Waals surface area contributed by atoms with Crippen LogP contribution in [0.25, 0.3) is 0 Å². The molecule has 10 heteroatoms. The first-order valence-corrected chi connectivity index (χ1v) is 9.28. The van der Waals surface area contributed by atoms with E-state index < -0.39 is 36.0 Å². The molecule has 1 aromatic carbocycles. The monoisotopic (exact) mass is 409 g/mol. The van der Waals surface area contributed by atoms with Gasteiger partial charge >= 0.3 is 23.9 Å². The number of aliphatic carboxylic acids is 3. The van der Waals surface area contributed by atoms with Crippen molar-refractivity contribution in [3.63, 3.8) is 0 Å². The second-order valence-electron chi connectivity index (χ2n) is 6.48. The molecular weight excluding hydrogens is 382 g/mol. The molecule has 0 aromatic heterocycles. The van der Waals surface area contributed by atoms with Crippen LogP contribution in [0.1, 0.15) is 37.7 Å². The van der Waals surface area contributed by atoms with E-state index in [9.17, 15) is 24.3 Å². The van der Waals surface area contributed by atoms with Gasteiger partial charge in [-0.1, -0.05) is 30.3 Å². The highest BCUT2D eigenvalue weighted by Crippen LogP contribution is 2.04. The molecule has 2 amide bonds. The maximum atomic E-state index is 11.7. The predicted molar refractivity (Wildman–Crippen MR) is 103 cm³/mol. The number of benzene rings is 1. The normalized spacial score (nSPS) is 12.6. The van der Waals surface area contributed by atoms with E-state index in [4.69, 9.17) is 10.2 Å². The molecule has 0 bridgehead atoms. The van der Waals surface area contributed by atoms with Gasteiger partial charge in [0.1, 0.15) is 12.1 Å². The van der Waals surface area contributed by atoms with E-state index in [0.29, 0.717) is 25.8 Å². The van der Waals surface area contributed by atoms with Gasteiger partial charge in [0, 0.05) is 19.5 Å². The van der Waals surface area contributed by atoms with Crippen LogP contribution in [0.15, 0.2) is 30.3 Å². The summed E-state index contributed by atoms with van der Waals surface area (Å²) in [5, 5.41) is 34.6. The first-order valence-electron chi connectivity index (χ1n) is 9.28. The zero-order chi connectivity index (χ0) is 21.6. The van der Waals surface area contributed by atoms with Crippen LogP contribution in [0.5, 0.6) is 0 Å². The lowest BCUT2D eigenvalue weighted by Crippen LogP contribution is -2.46. The van der Waals surface area contributed by atoms with E-state index in [1.807, 2.05) is 30.3 Å². The van der Waals surface area contributed by atoms with Gasteiger partial charge in [-0.15, -0.1) is 0 Å². The molecule has 0 aliphatic heterocycles. The third-order valence-electron chi connectivity index (χ3n) is 4.15. The topological polar surface area (TPSA) is 165 Å². The maximum absolute atomic E-state index is 11.7. The van der Waals surface area contributed by atoms with E-state index in [1.54, 1.807) is 0 Å². The summed E-state index contributed by atoms with van der Waals surface area (Å²) >= 11 is 0. The molecule has 1 aromatic rings. The van der Waals surface area contributed by atoms with Crippen LogP contribution in [0.4, 0.5) is 4.79 Å². The van der Waals surface area contributed by atoms with Crippen molar-refractivity contribution in [2.24, 2.45) is 0 Å². The van der Waals surface area contributed by atoms with Gasteiger partial charge in [0.15, 0.2) is 0 Å². The van der Waals surface area contributed by atoms with Crippen molar-refractivity contribution in [1.29, 1.82) is 0 Å². The molecule has 160 valence electrons. The second kappa shape index (κ2) is 13.1. The van der Waals surface area contributed by atoms with Crippen LogP contribution in [-0.2, 0) is 20.9 Å². The molecule has 1 rings (SSSR count). The van der Waals surface area contributed by atoms with Crippen molar-refractivity contribution < 1.29 is 34.5 Å². The van der Waals surface area contributed by atoms with Crippen molar-refractivity contribution in [1.82, 2.24) is 16.0 Å². The third-order valence-corrected chi connectivity index (χ3v) is 4.15. The van der Waals surface area contributed by atoms with Gasteiger partial charge in [-0.3, -0.25) is 9.59 Å². The molecule has 6 N–H and O–H groups in total. The molecule has 0 unspecified atom stereocenters. The van der Waals surface area contributed by atoms with Crippen molar-refractivity contribution in [3.05, 3.63) is 35.9 Å². The Kier molecular flexibility index (Phi) is 10.8. The number of carboxylic acids is 3. The first-order chi connectivity index (χ1) is 13.8. The molecule has 0 fully saturated rings. The summed E-state index contributed by atoms with van der Waals surface area (Å²) in [7, 11) is 0. The van der Waals surface area contributed by atoms with Crippen LogP contribution in [0, 0.1) is 0 Å². The molecule has 2 atom stereocenters. The number of carbonyl (C=O) groups excluding carboxylic acids is 1. The van der Waals surface area contributed by atoms with Gasteiger partial charge < -0.3 is 31.3 Å². The fraction of sp³-hybridized carbons (Fsp3) is 0.474. The fourth-order valence-electron chi connectivity index (χ4n) is 2.56. The number of urea groups is 1. The van der Waals surface area contributed by atoms with E-state index >= 15 is 0 Å². The highest BCUT2D eigenvalue weighted by molar-refractivity contribution is 5.83. The Hall–Kier alpha value is -3.14. The average molecular weight is 409 g/mol. The molecule has 0 heterocycles. The minimum absolute atomic E-state index is 0.217. The predicted octanol–water partition coefficient (Wildman–Crippen LogP) is 1.02. The Bertz CT molecular complexity index is 682. The lowest BCUT2D eigenvalue weighted by Gasteiger charge is -2.16. The largest absolute Gasteiger partial charge is 0.481 e. The third kappa shape index (κ3) is 10.7. The van der Waals surface area contributed by atoms with E-state index in [1.165, 1.54) is 0 Å². The van der Waals surface area contributed by atoms with Crippen LogP contribution in [0.3, 0.4) is 0 Å². The Labute approximate surface area is 168 Å². The summed E-state index contributed by atoms with van der Waals surface area (Å²) < 4.78 is 0. The summed E-state index contributed by atoms with van der Waals surface area (Å²) in [5.74, 6) is -3.41. The van der Waals surface area contributed by atoms with Gasteiger partial charge in [-0.2, -0.15) is 0 Å². The number of rotatable bonds is 14. The number of amides is 2. The molecule has 0 saturated heterocycles. The van der Waals surface area contributed by atoms with Crippen molar-refractivity contribution in [2.45, 2.75) is 50.7 Å². The number of unbranched alkanes of at least 4 members (excludes halogenated alkanes) is 1. The summed E-state index contributed by atoms with van der Waals surface area (Å²) in [6, 6.07) is 6.72. The number of hydrogen-bond donors (Lipinski definition) is 6. The number of carbonyl (C=O) groups is 4. The molecule has 0 aliphatic carbocycles. The fourth-order valence-corrected chi connectivity index (χ4v) is 2.56. The standard InChI is InChI=1S/C19H27N3O7/c23-16(24)10-9-15(18(27)28)22-19(29)20-11-5-4-8-14(17(25)26)21-12-13-6-2-1-3-7-13/h1-3,6-7,14-15,21H,4-5,8-12H2,(H,23,24)(H,25,26)(H,27,28)(H2,20,22,29)/t14-,15+/m1/s1. The zero-order valence-electron chi connectivity index (χ0n) is 16.0. The molecule has 0 aliphatic rings. The summed E-state index contributed by atoms with van der Waals surface area (Å²) in [6.45, 7) is 0.674. The Balaban J connectivity index is 2.27. The maximum Gasteiger partial charge on any atom is 0.326 e. The lowest BCUT2D eigenvalue weighted by molar-refractivity contribution is -0.141. The van der Waals surface area contributed by atoms with Gasteiger partial charge in [-0.25, -0.2) is 9.59 Å². The zero-order valence-corrected chi connectivity index (χ0v) is 16.0. The second-order valence-corrected chi connectivity index (χ2v) is 6.48. The Morgan fingerprint density at radius 2 is 1.52 bits per heavy atom. The minimum Gasteiger partial charge on any atom is -0.481 e. The van der Waals surface area contributed by atoms with Gasteiger partial charge in [0.25, 0.3) is 0 Å². The Morgan fingerprint density at radius 1 is 0.862 bits per heavy atom. The minimum atomic E-state index is -1.31. The molecule has 0 saturated carbocycles. The highest BCUT2D eigenvalue weighted by Gasteiger charge is 2.21. The molecule has 29 heavy (non-hydrogen) atoms. The number of carboxylic acid groups (broad SMARTS) is 3. The molecular formula is C19H27N3O7. The van der Waals surface area contributed by atoms with Crippen LogP contribution in [0.2, 0.25) is 0 Å². The molecule has 0 spiro atoms. The summed E-state index contributed by atoms with van der Waals surface area (Å²) in [4.78, 5) is 44.6. The Morgan fingerprint density at radius 3 is 2.10 bits per heavy atom. The van der Waals surface area contributed by atoms with Crippen molar-refractivity contribution in [2.75, 3.05) is 6.54 Å². The number of hydrogen-bond acceptors (Lipinski definition) is 5. The van der Waals surface area contributed by atoms with Crippen LogP contribution < -0.4 is 16.0 Å². The summed E-state index contributed by atoms with van der Waals surface area (Å²) in [6.07, 6.45) is 0.842. The van der Waals surface area contributed by atoms with Crippen molar-refractivity contribution in [3.8, 4) is 0 Å². The van der Waals surface area contributed by atoms with Crippen LogP contribution >= 0.6 is 0 Å². The average Bonchev–Trinajstić information content (AvgIpc) is 2.67. The summed E-state index contributed by atoms with van der Waals surface area (Å²) in [5.41, 5.74) is 0.980. The smallest absolute Gasteiger partial charge is 0.326 e. The SMILES string of the molecule is O=C(O)CC[C@H](NC(=O)NCCCC[C@@H](NCc1ccccc1)C(=O)O)C(=O)O. The molecule has 10 nitrogen and oxygen atoms in total. The van der Waals surface area contributed by atoms with E-state index in [2.05, 4.69) is 16.0 Å². The van der Waals surface area contributed by atoms with Crippen molar-refractivity contribution >= 4 is 23.9 Å².